The minimum atomic E-state index is 0.619. The maximum Gasteiger partial charge on any atom is 0.154 e. The highest BCUT2D eigenvalue weighted by atomic mass is 15.3. The molecule has 1 aliphatic rings. The number of nitrogens with one attached hydrogen (secondary N) is 2. The van der Waals surface area contributed by atoms with E-state index in [4.69, 9.17) is 4.98 Å². The van der Waals surface area contributed by atoms with E-state index < -0.39 is 0 Å². The van der Waals surface area contributed by atoms with Gasteiger partial charge in [0.05, 0.1) is 17.4 Å². The third kappa shape index (κ3) is 3.46. The zero-order valence-corrected chi connectivity index (χ0v) is 14.4. The van der Waals surface area contributed by atoms with Gasteiger partial charge in [-0.1, -0.05) is 0 Å². The molecule has 1 atom stereocenters. The topological polar surface area (TPSA) is 80.5 Å². The van der Waals surface area contributed by atoms with Crippen LogP contribution in [0.2, 0.25) is 0 Å². The van der Waals surface area contributed by atoms with Gasteiger partial charge in [-0.25, -0.2) is 9.97 Å². The second-order valence-corrected chi connectivity index (χ2v) is 6.46. The average Bonchev–Trinajstić information content (AvgIpc) is 3.16. The van der Waals surface area contributed by atoms with E-state index >= 15 is 0 Å². The van der Waals surface area contributed by atoms with Crippen LogP contribution >= 0.6 is 0 Å². The summed E-state index contributed by atoms with van der Waals surface area (Å²) >= 11 is 0. The monoisotopic (exact) mass is 337 g/mol. The van der Waals surface area contributed by atoms with E-state index in [1.54, 1.807) is 12.4 Å². The summed E-state index contributed by atoms with van der Waals surface area (Å²) in [6.07, 6.45) is 9.77. The lowest BCUT2D eigenvalue weighted by atomic mass is 10.00. The first kappa shape index (κ1) is 16.0. The van der Waals surface area contributed by atoms with Gasteiger partial charge in [0.1, 0.15) is 5.52 Å². The summed E-state index contributed by atoms with van der Waals surface area (Å²) in [5.74, 6) is 1.42. The number of hydrogen-bond acceptors (Lipinski definition) is 6. The fourth-order valence-electron chi connectivity index (χ4n) is 3.25. The van der Waals surface area contributed by atoms with E-state index in [1.807, 2.05) is 23.1 Å². The van der Waals surface area contributed by atoms with Gasteiger partial charge in [-0.15, -0.1) is 0 Å². The molecule has 130 valence electrons. The highest BCUT2D eigenvalue weighted by molar-refractivity contribution is 5.88. The molecule has 0 aliphatic carbocycles. The van der Waals surface area contributed by atoms with Crippen molar-refractivity contribution >= 4 is 16.9 Å². The fraction of sp³-hybridized carbons (Fsp3) is 0.444. The van der Waals surface area contributed by atoms with E-state index in [1.165, 1.54) is 12.8 Å². The van der Waals surface area contributed by atoms with Crippen LogP contribution in [0.25, 0.3) is 22.3 Å². The molecule has 7 nitrogen and oxygen atoms in total. The first-order valence-electron chi connectivity index (χ1n) is 8.92. The Hall–Kier alpha value is -2.54. The zero-order valence-electron chi connectivity index (χ0n) is 14.4. The van der Waals surface area contributed by atoms with Crippen LogP contribution in [0.15, 0.2) is 30.9 Å². The maximum absolute atomic E-state index is 4.82. The highest BCUT2D eigenvalue weighted by Crippen LogP contribution is 2.25. The van der Waals surface area contributed by atoms with Crippen molar-refractivity contribution in [3.63, 3.8) is 0 Å². The molecule has 3 aromatic rings. The van der Waals surface area contributed by atoms with E-state index in [-0.39, 0.29) is 0 Å². The molecule has 1 saturated heterocycles. The molecule has 0 radical (unpaired) electrons. The standard InChI is InChI=1S/C18H23N7/c1-2-25-12-14(11-23-25)15-8-16-17(21-7-6-20-16)18(24-15)22-10-13-4-3-5-19-9-13/h6-8,11-13,19H,2-5,9-10H2,1H3,(H,22,24)/t13-/m0/s1. The van der Waals surface area contributed by atoms with Gasteiger partial charge in [-0.2, -0.15) is 5.10 Å². The fourth-order valence-corrected chi connectivity index (χ4v) is 3.25. The first-order chi connectivity index (χ1) is 12.3. The average molecular weight is 337 g/mol. The molecule has 0 unspecified atom stereocenters. The summed E-state index contributed by atoms with van der Waals surface area (Å²) in [7, 11) is 0. The summed E-state index contributed by atoms with van der Waals surface area (Å²) < 4.78 is 1.90. The summed E-state index contributed by atoms with van der Waals surface area (Å²) in [6, 6.07) is 1.98. The minimum Gasteiger partial charge on any atom is -0.368 e. The molecule has 4 heterocycles. The van der Waals surface area contributed by atoms with E-state index in [0.717, 1.165) is 54.3 Å². The molecule has 7 heteroatoms. The van der Waals surface area contributed by atoms with Gasteiger partial charge >= 0.3 is 0 Å². The molecule has 3 aromatic heterocycles. The van der Waals surface area contributed by atoms with Gasteiger partial charge < -0.3 is 10.6 Å². The largest absolute Gasteiger partial charge is 0.368 e. The van der Waals surface area contributed by atoms with Crippen LogP contribution in [0.4, 0.5) is 5.82 Å². The number of fused-ring (bicyclic) bond motifs is 1. The number of aryl methyl sites for hydroxylation is 1. The van der Waals surface area contributed by atoms with Gasteiger partial charge in [0.2, 0.25) is 0 Å². The van der Waals surface area contributed by atoms with Gasteiger partial charge in [-0.05, 0) is 44.8 Å². The van der Waals surface area contributed by atoms with Crippen molar-refractivity contribution < 1.29 is 0 Å². The smallest absolute Gasteiger partial charge is 0.154 e. The Morgan fingerprint density at radius 1 is 1.32 bits per heavy atom. The van der Waals surface area contributed by atoms with Gasteiger partial charge in [0.15, 0.2) is 5.82 Å². The molecule has 1 aliphatic heterocycles. The SMILES string of the molecule is CCn1cc(-c2cc3nccnc3c(NC[C@H]3CCCNC3)n2)cn1. The van der Waals surface area contributed by atoms with Crippen LogP contribution in [0.3, 0.4) is 0 Å². The van der Waals surface area contributed by atoms with E-state index in [0.29, 0.717) is 5.92 Å². The van der Waals surface area contributed by atoms with Crippen LogP contribution in [0.5, 0.6) is 0 Å². The predicted molar refractivity (Wildman–Crippen MR) is 98.3 cm³/mol. The van der Waals surface area contributed by atoms with E-state index in [2.05, 4.69) is 32.6 Å². The Bertz CT molecular complexity index is 852. The van der Waals surface area contributed by atoms with Crippen LogP contribution in [0, 0.1) is 5.92 Å². The minimum absolute atomic E-state index is 0.619. The second-order valence-electron chi connectivity index (χ2n) is 6.46. The molecular weight excluding hydrogens is 314 g/mol. The number of pyridine rings is 1. The number of anilines is 1. The van der Waals surface area contributed by atoms with Crippen molar-refractivity contribution in [1.82, 2.24) is 30.0 Å². The summed E-state index contributed by atoms with van der Waals surface area (Å²) in [4.78, 5) is 13.8. The van der Waals surface area contributed by atoms with Crippen molar-refractivity contribution in [2.24, 2.45) is 5.92 Å². The van der Waals surface area contributed by atoms with Crippen molar-refractivity contribution in [2.75, 3.05) is 25.0 Å². The lowest BCUT2D eigenvalue weighted by molar-refractivity contribution is 0.392. The van der Waals surface area contributed by atoms with Crippen molar-refractivity contribution in [3.05, 3.63) is 30.9 Å². The Kier molecular flexibility index (Phi) is 4.56. The van der Waals surface area contributed by atoms with Gasteiger partial charge in [-0.3, -0.25) is 9.67 Å². The molecule has 0 bridgehead atoms. The molecule has 0 spiro atoms. The predicted octanol–water partition coefficient (Wildman–Crippen LogP) is 2.32. The number of rotatable bonds is 5. The van der Waals surface area contributed by atoms with Crippen molar-refractivity contribution in [2.45, 2.75) is 26.3 Å². The van der Waals surface area contributed by atoms with Crippen molar-refractivity contribution in [3.8, 4) is 11.3 Å². The number of piperidine rings is 1. The molecule has 0 aromatic carbocycles. The Labute approximate surface area is 146 Å². The third-order valence-electron chi connectivity index (χ3n) is 4.67. The lowest BCUT2D eigenvalue weighted by Gasteiger charge is -2.23. The molecule has 0 saturated carbocycles. The Morgan fingerprint density at radius 3 is 3.04 bits per heavy atom. The van der Waals surface area contributed by atoms with Crippen LogP contribution in [-0.4, -0.2) is 44.4 Å². The summed E-state index contributed by atoms with van der Waals surface area (Å²) in [5, 5.41) is 11.3. The quantitative estimate of drug-likeness (QED) is 0.744. The van der Waals surface area contributed by atoms with Crippen LogP contribution in [-0.2, 0) is 6.54 Å². The number of hydrogen-bond donors (Lipinski definition) is 2. The summed E-state index contributed by atoms with van der Waals surface area (Å²) in [5.41, 5.74) is 3.53. The summed E-state index contributed by atoms with van der Waals surface area (Å²) in [6.45, 7) is 5.98. The first-order valence-corrected chi connectivity index (χ1v) is 8.92. The van der Waals surface area contributed by atoms with Crippen LogP contribution in [0.1, 0.15) is 19.8 Å². The lowest BCUT2D eigenvalue weighted by Crippen LogP contribution is -2.33. The molecule has 4 rings (SSSR count). The molecule has 25 heavy (non-hydrogen) atoms. The van der Waals surface area contributed by atoms with E-state index in [9.17, 15) is 0 Å². The maximum atomic E-state index is 4.82. The van der Waals surface area contributed by atoms with Crippen LogP contribution < -0.4 is 10.6 Å². The zero-order chi connectivity index (χ0) is 17.1. The highest BCUT2D eigenvalue weighted by Gasteiger charge is 2.15. The molecule has 1 fully saturated rings. The van der Waals surface area contributed by atoms with Gasteiger partial charge in [0.25, 0.3) is 0 Å². The Morgan fingerprint density at radius 2 is 2.24 bits per heavy atom. The normalized spacial score (nSPS) is 17.7. The van der Waals surface area contributed by atoms with Gasteiger partial charge in [0, 0.05) is 37.2 Å². The number of nitrogens with zero attached hydrogens (tertiary/aromatic N) is 5. The van der Waals surface area contributed by atoms with Crippen molar-refractivity contribution in [1.29, 1.82) is 0 Å². The number of aromatic nitrogens is 5. The molecule has 0 amide bonds. The molecule has 2 N–H and O–H groups in total. The molecular formula is C18H23N7. The second kappa shape index (κ2) is 7.14. The Balaban J connectivity index is 1.65. The third-order valence-corrected chi connectivity index (χ3v) is 4.67.